The SMILES string of the molecule is COCc1cc(=O)[nH]c(-c2cc(C)cc(F)c2)n1. The summed E-state index contributed by atoms with van der Waals surface area (Å²) in [6.45, 7) is 2.02. The summed E-state index contributed by atoms with van der Waals surface area (Å²) in [4.78, 5) is 18.3. The fraction of sp³-hybridized carbons (Fsp3) is 0.231. The molecule has 1 aromatic carbocycles. The van der Waals surface area contributed by atoms with E-state index in [4.69, 9.17) is 4.74 Å². The van der Waals surface area contributed by atoms with Crippen LogP contribution in [0.5, 0.6) is 0 Å². The van der Waals surface area contributed by atoms with E-state index in [1.807, 2.05) is 0 Å². The lowest BCUT2D eigenvalue weighted by atomic mass is 10.1. The minimum absolute atomic E-state index is 0.241. The number of nitrogens with zero attached hydrogens (tertiary/aromatic N) is 1. The van der Waals surface area contributed by atoms with Gasteiger partial charge in [0.05, 0.1) is 12.3 Å². The number of aryl methyl sites for hydroxylation is 1. The van der Waals surface area contributed by atoms with E-state index in [2.05, 4.69) is 9.97 Å². The summed E-state index contributed by atoms with van der Waals surface area (Å²) in [5, 5.41) is 0. The van der Waals surface area contributed by atoms with E-state index in [-0.39, 0.29) is 18.0 Å². The zero-order chi connectivity index (χ0) is 13.1. The first-order valence-corrected chi connectivity index (χ1v) is 5.45. The zero-order valence-electron chi connectivity index (χ0n) is 10.2. The first kappa shape index (κ1) is 12.4. The number of nitrogens with one attached hydrogen (secondary N) is 1. The highest BCUT2D eigenvalue weighted by Crippen LogP contribution is 2.17. The van der Waals surface area contributed by atoms with Crippen LogP contribution in [0.25, 0.3) is 11.4 Å². The number of aromatic amines is 1. The van der Waals surface area contributed by atoms with Crippen LogP contribution < -0.4 is 5.56 Å². The second-order valence-electron chi connectivity index (χ2n) is 4.04. The van der Waals surface area contributed by atoms with E-state index < -0.39 is 0 Å². The monoisotopic (exact) mass is 248 g/mol. The number of aromatic nitrogens is 2. The minimum atomic E-state index is -0.357. The largest absolute Gasteiger partial charge is 0.378 e. The smallest absolute Gasteiger partial charge is 0.251 e. The van der Waals surface area contributed by atoms with Crippen molar-refractivity contribution in [2.75, 3.05) is 7.11 Å². The van der Waals surface area contributed by atoms with Crippen LogP contribution in [0.1, 0.15) is 11.3 Å². The van der Waals surface area contributed by atoms with Crippen molar-refractivity contribution in [2.24, 2.45) is 0 Å². The molecule has 0 saturated carbocycles. The van der Waals surface area contributed by atoms with Crippen LogP contribution in [-0.4, -0.2) is 17.1 Å². The molecule has 94 valence electrons. The highest BCUT2D eigenvalue weighted by atomic mass is 19.1. The maximum absolute atomic E-state index is 13.3. The van der Waals surface area contributed by atoms with Crippen molar-refractivity contribution in [1.82, 2.24) is 9.97 Å². The summed E-state index contributed by atoms with van der Waals surface area (Å²) in [5.74, 6) is -0.0121. The van der Waals surface area contributed by atoms with Crippen LogP contribution in [0.3, 0.4) is 0 Å². The number of ether oxygens (including phenoxy) is 1. The topological polar surface area (TPSA) is 55.0 Å². The summed E-state index contributed by atoms with van der Waals surface area (Å²) in [7, 11) is 1.52. The summed E-state index contributed by atoms with van der Waals surface area (Å²) in [6.07, 6.45) is 0. The number of halogens is 1. The van der Waals surface area contributed by atoms with E-state index >= 15 is 0 Å². The molecule has 0 atom stereocenters. The van der Waals surface area contributed by atoms with Crippen LogP contribution in [-0.2, 0) is 11.3 Å². The van der Waals surface area contributed by atoms with Crippen molar-refractivity contribution in [2.45, 2.75) is 13.5 Å². The molecule has 18 heavy (non-hydrogen) atoms. The van der Waals surface area contributed by atoms with Crippen molar-refractivity contribution in [3.05, 3.63) is 51.7 Å². The number of hydrogen-bond acceptors (Lipinski definition) is 3. The molecule has 1 aromatic heterocycles. The van der Waals surface area contributed by atoms with Gasteiger partial charge in [-0.05, 0) is 30.7 Å². The van der Waals surface area contributed by atoms with Gasteiger partial charge in [-0.1, -0.05) is 0 Å². The van der Waals surface area contributed by atoms with Gasteiger partial charge in [0.15, 0.2) is 0 Å². The standard InChI is InChI=1S/C13H13FN2O2/c1-8-3-9(5-10(14)4-8)13-15-11(7-18-2)6-12(17)16-13/h3-6H,7H2,1-2H3,(H,15,16,17). The summed E-state index contributed by atoms with van der Waals surface area (Å²) < 4.78 is 18.3. The third kappa shape index (κ3) is 2.81. The van der Waals surface area contributed by atoms with E-state index in [1.165, 1.54) is 25.3 Å². The van der Waals surface area contributed by atoms with Gasteiger partial charge in [-0.2, -0.15) is 0 Å². The molecule has 0 bridgehead atoms. The van der Waals surface area contributed by atoms with Gasteiger partial charge < -0.3 is 9.72 Å². The number of methoxy groups -OCH3 is 1. The average molecular weight is 248 g/mol. The molecule has 5 heteroatoms. The van der Waals surface area contributed by atoms with Crippen molar-refractivity contribution in [3.8, 4) is 11.4 Å². The molecule has 0 fully saturated rings. The number of rotatable bonds is 3. The third-order valence-corrected chi connectivity index (χ3v) is 2.40. The van der Waals surface area contributed by atoms with Gasteiger partial charge in [0.1, 0.15) is 11.6 Å². The molecule has 0 spiro atoms. The molecule has 1 N–H and O–H groups in total. The molecule has 0 saturated heterocycles. The molecule has 0 aliphatic heterocycles. The van der Waals surface area contributed by atoms with Crippen LogP contribution in [0.15, 0.2) is 29.1 Å². The Morgan fingerprint density at radius 3 is 2.78 bits per heavy atom. The quantitative estimate of drug-likeness (QED) is 0.904. The fourth-order valence-electron chi connectivity index (χ4n) is 1.74. The average Bonchev–Trinajstić information content (AvgIpc) is 2.27. The summed E-state index contributed by atoms with van der Waals surface area (Å²) >= 11 is 0. The third-order valence-electron chi connectivity index (χ3n) is 2.40. The Bertz CT molecular complexity index is 602. The number of benzene rings is 1. The van der Waals surface area contributed by atoms with E-state index in [0.717, 1.165) is 5.56 Å². The van der Waals surface area contributed by atoms with Crippen molar-refractivity contribution in [3.63, 3.8) is 0 Å². The Hall–Kier alpha value is -2.01. The van der Waals surface area contributed by atoms with Crippen molar-refractivity contribution >= 4 is 0 Å². The molecule has 0 unspecified atom stereocenters. The molecule has 0 radical (unpaired) electrons. The predicted octanol–water partition coefficient (Wildman–Crippen LogP) is 2.03. The normalized spacial score (nSPS) is 10.6. The van der Waals surface area contributed by atoms with Crippen molar-refractivity contribution < 1.29 is 9.13 Å². The second kappa shape index (κ2) is 5.10. The summed E-state index contributed by atoms with van der Waals surface area (Å²) in [5.41, 5.74) is 1.54. The van der Waals surface area contributed by atoms with E-state index in [0.29, 0.717) is 17.1 Å². The van der Waals surface area contributed by atoms with Gasteiger partial charge in [-0.3, -0.25) is 4.79 Å². The molecule has 2 rings (SSSR count). The Kier molecular flexibility index (Phi) is 3.53. The van der Waals surface area contributed by atoms with Crippen molar-refractivity contribution in [1.29, 1.82) is 0 Å². The molecular formula is C13H13FN2O2. The molecular weight excluding hydrogens is 235 g/mol. The lowest BCUT2D eigenvalue weighted by Gasteiger charge is -2.05. The van der Waals surface area contributed by atoms with E-state index in [9.17, 15) is 9.18 Å². The Labute approximate surface area is 103 Å². The zero-order valence-corrected chi connectivity index (χ0v) is 10.2. The molecule has 4 nitrogen and oxygen atoms in total. The predicted molar refractivity (Wildman–Crippen MR) is 65.7 cm³/mol. The highest BCUT2D eigenvalue weighted by molar-refractivity contribution is 5.56. The maximum atomic E-state index is 13.3. The maximum Gasteiger partial charge on any atom is 0.251 e. The molecule has 2 aromatic rings. The van der Waals surface area contributed by atoms with Crippen LogP contribution in [0, 0.1) is 12.7 Å². The summed E-state index contributed by atoms with van der Waals surface area (Å²) in [6, 6.07) is 5.87. The number of hydrogen-bond donors (Lipinski definition) is 1. The lowest BCUT2D eigenvalue weighted by molar-refractivity contribution is 0.181. The Balaban J connectivity index is 2.52. The Morgan fingerprint density at radius 1 is 1.33 bits per heavy atom. The molecule has 0 amide bonds. The van der Waals surface area contributed by atoms with Gasteiger partial charge in [0, 0.05) is 18.7 Å². The first-order chi connectivity index (χ1) is 8.58. The van der Waals surface area contributed by atoms with Gasteiger partial charge in [-0.25, -0.2) is 9.37 Å². The van der Waals surface area contributed by atoms with Gasteiger partial charge in [0.2, 0.25) is 0 Å². The highest BCUT2D eigenvalue weighted by Gasteiger charge is 2.06. The van der Waals surface area contributed by atoms with Crippen LogP contribution in [0.2, 0.25) is 0 Å². The second-order valence-corrected chi connectivity index (χ2v) is 4.04. The Morgan fingerprint density at radius 2 is 2.11 bits per heavy atom. The number of H-pyrrole nitrogens is 1. The fourth-order valence-corrected chi connectivity index (χ4v) is 1.74. The molecule has 1 heterocycles. The lowest BCUT2D eigenvalue weighted by Crippen LogP contribution is -2.11. The van der Waals surface area contributed by atoms with Crippen LogP contribution >= 0.6 is 0 Å². The van der Waals surface area contributed by atoms with Gasteiger partial charge >= 0.3 is 0 Å². The molecule has 0 aliphatic carbocycles. The van der Waals surface area contributed by atoms with Gasteiger partial charge in [-0.15, -0.1) is 0 Å². The molecule has 0 aliphatic rings. The van der Waals surface area contributed by atoms with E-state index in [1.54, 1.807) is 13.0 Å². The van der Waals surface area contributed by atoms with Gasteiger partial charge in [0.25, 0.3) is 5.56 Å². The first-order valence-electron chi connectivity index (χ1n) is 5.45. The minimum Gasteiger partial charge on any atom is -0.378 e. The van der Waals surface area contributed by atoms with Crippen LogP contribution in [0.4, 0.5) is 4.39 Å².